The predicted molar refractivity (Wildman–Crippen MR) is 89.5 cm³/mol. The minimum absolute atomic E-state index is 0.0117. The number of benzene rings is 1. The summed E-state index contributed by atoms with van der Waals surface area (Å²) < 4.78 is 2.72. The molecule has 0 radical (unpaired) electrons. The average molecular weight is 350 g/mol. The largest absolute Gasteiger partial charge is 0.359 e. The first-order chi connectivity index (χ1) is 9.97. The molecule has 21 heavy (non-hydrogen) atoms. The summed E-state index contributed by atoms with van der Waals surface area (Å²) in [5.74, 6) is 0.811. The number of nitrogens with zero attached hydrogens (tertiary/aromatic N) is 2. The quantitative estimate of drug-likeness (QED) is 0.891. The smallest absolute Gasteiger partial charge is 0.293 e. The molecule has 1 N–H and O–H groups in total. The van der Waals surface area contributed by atoms with Crippen molar-refractivity contribution in [1.82, 2.24) is 9.55 Å². The normalized spacial score (nSPS) is 12.4. The lowest BCUT2D eigenvalue weighted by atomic mass is 10.1. The van der Waals surface area contributed by atoms with Gasteiger partial charge in [0, 0.05) is 23.4 Å². The van der Waals surface area contributed by atoms with Gasteiger partial charge in [0.25, 0.3) is 5.56 Å². The van der Waals surface area contributed by atoms with Crippen molar-refractivity contribution in [3.63, 3.8) is 0 Å². The number of hydrogen-bond donors (Lipinski definition) is 1. The van der Waals surface area contributed by atoms with Crippen molar-refractivity contribution in [2.45, 2.75) is 33.4 Å². The van der Waals surface area contributed by atoms with Crippen LogP contribution >= 0.6 is 15.9 Å². The summed E-state index contributed by atoms with van der Waals surface area (Å²) >= 11 is 3.46. The van der Waals surface area contributed by atoms with Crippen molar-refractivity contribution >= 4 is 21.7 Å². The van der Waals surface area contributed by atoms with Gasteiger partial charge in [0.05, 0.1) is 6.04 Å². The summed E-state index contributed by atoms with van der Waals surface area (Å²) in [5.41, 5.74) is 1.03. The van der Waals surface area contributed by atoms with Crippen molar-refractivity contribution in [3.8, 4) is 0 Å². The molecule has 0 spiro atoms. The van der Waals surface area contributed by atoms with E-state index in [1.54, 1.807) is 17.0 Å². The monoisotopic (exact) mass is 349 g/mol. The molecular formula is C16H20BrN3O. The minimum Gasteiger partial charge on any atom is -0.359 e. The second-order valence-electron chi connectivity index (χ2n) is 5.55. The van der Waals surface area contributed by atoms with Crippen molar-refractivity contribution in [2.75, 3.05) is 5.32 Å². The van der Waals surface area contributed by atoms with Crippen LogP contribution in [0.25, 0.3) is 0 Å². The van der Waals surface area contributed by atoms with E-state index in [0.29, 0.717) is 18.3 Å². The zero-order valence-electron chi connectivity index (χ0n) is 12.5. The number of rotatable bonds is 5. The second-order valence-corrected chi connectivity index (χ2v) is 6.46. The number of hydrogen-bond acceptors (Lipinski definition) is 3. The molecule has 0 saturated carbocycles. The van der Waals surface area contributed by atoms with Crippen LogP contribution in [0, 0.1) is 5.92 Å². The lowest BCUT2D eigenvalue weighted by Gasteiger charge is -2.16. The molecule has 0 bridgehead atoms. The first kappa shape index (κ1) is 15.8. The predicted octanol–water partition coefficient (Wildman–Crippen LogP) is 3.83. The van der Waals surface area contributed by atoms with E-state index in [-0.39, 0.29) is 11.6 Å². The molecule has 2 aromatic rings. The van der Waals surface area contributed by atoms with Crippen LogP contribution in [0.3, 0.4) is 0 Å². The Labute approximate surface area is 133 Å². The molecule has 112 valence electrons. The summed E-state index contributed by atoms with van der Waals surface area (Å²) in [5, 5.41) is 3.20. The molecule has 0 aliphatic carbocycles. The van der Waals surface area contributed by atoms with E-state index in [0.717, 1.165) is 10.0 Å². The maximum absolute atomic E-state index is 12.4. The molecule has 0 aliphatic heterocycles. The Morgan fingerprint density at radius 2 is 2.10 bits per heavy atom. The second kappa shape index (κ2) is 6.89. The molecule has 5 heteroatoms. The van der Waals surface area contributed by atoms with Gasteiger partial charge in [-0.2, -0.15) is 0 Å². The van der Waals surface area contributed by atoms with Crippen molar-refractivity contribution in [2.24, 2.45) is 5.92 Å². The van der Waals surface area contributed by atoms with Crippen molar-refractivity contribution in [3.05, 3.63) is 57.0 Å². The van der Waals surface area contributed by atoms with Crippen LogP contribution in [0.1, 0.15) is 32.4 Å². The fraction of sp³-hybridized carbons (Fsp3) is 0.375. The van der Waals surface area contributed by atoms with Gasteiger partial charge in [0.2, 0.25) is 0 Å². The molecule has 0 amide bonds. The maximum atomic E-state index is 12.4. The Balaban J connectivity index is 2.21. The van der Waals surface area contributed by atoms with E-state index in [2.05, 4.69) is 40.1 Å². The SMILES string of the molecule is CC(C)Cn1ccnc(NC(C)c2cccc(Br)c2)c1=O. The van der Waals surface area contributed by atoms with Crippen LogP contribution in [0.5, 0.6) is 0 Å². The van der Waals surface area contributed by atoms with Gasteiger partial charge >= 0.3 is 0 Å². The number of anilines is 1. The molecule has 1 heterocycles. The standard InChI is InChI=1S/C16H20BrN3O/c1-11(2)10-20-8-7-18-15(16(20)21)19-12(3)13-5-4-6-14(17)9-13/h4-9,11-12H,10H2,1-3H3,(H,18,19). The van der Waals surface area contributed by atoms with E-state index < -0.39 is 0 Å². The molecule has 1 aromatic carbocycles. The molecule has 4 nitrogen and oxygen atoms in total. The maximum Gasteiger partial charge on any atom is 0.293 e. The van der Waals surface area contributed by atoms with Gasteiger partial charge < -0.3 is 9.88 Å². The van der Waals surface area contributed by atoms with Crippen LogP contribution in [0.2, 0.25) is 0 Å². The Bertz CT molecular complexity index is 667. The van der Waals surface area contributed by atoms with Crippen LogP contribution in [0.4, 0.5) is 5.82 Å². The van der Waals surface area contributed by atoms with E-state index in [4.69, 9.17) is 0 Å². The summed E-state index contributed by atoms with van der Waals surface area (Å²) in [7, 11) is 0. The van der Waals surface area contributed by atoms with E-state index in [9.17, 15) is 4.79 Å². The zero-order valence-corrected chi connectivity index (χ0v) is 14.1. The fourth-order valence-electron chi connectivity index (χ4n) is 2.15. The van der Waals surface area contributed by atoms with Crippen molar-refractivity contribution in [1.29, 1.82) is 0 Å². The van der Waals surface area contributed by atoms with Gasteiger partial charge in [-0.3, -0.25) is 4.79 Å². The van der Waals surface area contributed by atoms with E-state index in [1.165, 1.54) is 0 Å². The summed E-state index contributed by atoms with van der Waals surface area (Å²) in [6.07, 6.45) is 3.40. The average Bonchev–Trinajstić information content (AvgIpc) is 2.42. The van der Waals surface area contributed by atoms with E-state index in [1.807, 2.05) is 31.2 Å². The molecule has 0 fully saturated rings. The summed E-state index contributed by atoms with van der Waals surface area (Å²) in [4.78, 5) is 16.5. The third-order valence-corrected chi connectivity index (χ3v) is 3.67. The molecule has 2 rings (SSSR count). The third-order valence-electron chi connectivity index (χ3n) is 3.18. The molecule has 1 unspecified atom stereocenters. The van der Waals surface area contributed by atoms with Crippen molar-refractivity contribution < 1.29 is 0 Å². The van der Waals surface area contributed by atoms with Crippen LogP contribution in [-0.2, 0) is 6.54 Å². The highest BCUT2D eigenvalue weighted by Crippen LogP contribution is 2.20. The molecule has 0 saturated heterocycles. The summed E-state index contributed by atoms with van der Waals surface area (Å²) in [6.45, 7) is 6.89. The lowest BCUT2D eigenvalue weighted by Crippen LogP contribution is -2.26. The molecule has 1 atom stereocenters. The Hall–Kier alpha value is -1.62. The zero-order chi connectivity index (χ0) is 15.4. The van der Waals surface area contributed by atoms with E-state index >= 15 is 0 Å². The number of halogens is 1. The highest BCUT2D eigenvalue weighted by Gasteiger charge is 2.11. The van der Waals surface area contributed by atoms with Gasteiger partial charge in [-0.25, -0.2) is 4.98 Å². The van der Waals surface area contributed by atoms with Crippen LogP contribution in [0.15, 0.2) is 45.9 Å². The lowest BCUT2D eigenvalue weighted by molar-refractivity contribution is 0.509. The fourth-order valence-corrected chi connectivity index (χ4v) is 2.56. The van der Waals surface area contributed by atoms with Crippen LogP contribution in [-0.4, -0.2) is 9.55 Å². The Morgan fingerprint density at radius 3 is 2.76 bits per heavy atom. The highest BCUT2D eigenvalue weighted by molar-refractivity contribution is 9.10. The minimum atomic E-state index is -0.0759. The topological polar surface area (TPSA) is 46.9 Å². The van der Waals surface area contributed by atoms with Gasteiger partial charge in [0.1, 0.15) is 0 Å². The summed E-state index contributed by atoms with van der Waals surface area (Å²) in [6, 6.07) is 8.03. The first-order valence-electron chi connectivity index (χ1n) is 7.05. The van der Waals surface area contributed by atoms with Gasteiger partial charge in [0.15, 0.2) is 5.82 Å². The van der Waals surface area contributed by atoms with Crippen LogP contribution < -0.4 is 10.9 Å². The number of aromatic nitrogens is 2. The third kappa shape index (κ3) is 4.17. The van der Waals surface area contributed by atoms with Gasteiger partial charge in [-0.15, -0.1) is 0 Å². The Kier molecular flexibility index (Phi) is 5.17. The number of nitrogens with one attached hydrogen (secondary N) is 1. The Morgan fingerprint density at radius 1 is 1.33 bits per heavy atom. The first-order valence-corrected chi connectivity index (χ1v) is 7.84. The highest BCUT2D eigenvalue weighted by atomic mass is 79.9. The van der Waals surface area contributed by atoms with Gasteiger partial charge in [-0.05, 0) is 30.5 Å². The van der Waals surface area contributed by atoms with Gasteiger partial charge in [-0.1, -0.05) is 41.9 Å². The molecule has 1 aromatic heterocycles. The molecular weight excluding hydrogens is 330 g/mol. The molecule has 0 aliphatic rings.